The molecule has 1 heterocycles. The summed E-state index contributed by atoms with van der Waals surface area (Å²) in [6.07, 6.45) is 2.35. The Morgan fingerprint density at radius 3 is 2.61 bits per heavy atom. The average Bonchev–Trinajstić information content (AvgIpc) is 2.42. The molecule has 2 rings (SSSR count). The van der Waals surface area contributed by atoms with Crippen molar-refractivity contribution >= 4 is 12.8 Å². The van der Waals surface area contributed by atoms with Crippen LogP contribution in [0.3, 0.4) is 0 Å². The van der Waals surface area contributed by atoms with Crippen LogP contribution in [0, 0.1) is 0 Å². The first kappa shape index (κ1) is 13.9. The quantitative estimate of drug-likeness (QED) is 0.769. The lowest BCUT2D eigenvalue weighted by Gasteiger charge is -2.26. The van der Waals surface area contributed by atoms with Gasteiger partial charge < -0.3 is 4.74 Å². The van der Waals surface area contributed by atoms with Crippen molar-refractivity contribution in [1.82, 2.24) is 9.62 Å². The van der Waals surface area contributed by atoms with Crippen molar-refractivity contribution in [3.05, 3.63) is 35.4 Å². The summed E-state index contributed by atoms with van der Waals surface area (Å²) < 4.78 is 8.29. The zero-order chi connectivity index (χ0) is 12.6. The van der Waals surface area contributed by atoms with E-state index in [0.29, 0.717) is 0 Å². The van der Waals surface area contributed by atoms with Gasteiger partial charge in [0.25, 0.3) is 0 Å². The number of rotatable bonds is 6. The molecule has 3 nitrogen and oxygen atoms in total. The maximum atomic E-state index is 5.36. The van der Waals surface area contributed by atoms with Crippen LogP contribution in [0.25, 0.3) is 0 Å². The molecular formula is C14H22N2OS. The van der Waals surface area contributed by atoms with Crippen molar-refractivity contribution in [3.8, 4) is 0 Å². The van der Waals surface area contributed by atoms with Gasteiger partial charge in [-0.1, -0.05) is 37.1 Å². The van der Waals surface area contributed by atoms with Crippen LogP contribution in [0.2, 0.25) is 0 Å². The molecule has 1 N–H and O–H groups in total. The highest BCUT2D eigenvalue weighted by Crippen LogP contribution is 2.12. The van der Waals surface area contributed by atoms with Gasteiger partial charge in [0.2, 0.25) is 0 Å². The molecule has 0 unspecified atom stereocenters. The van der Waals surface area contributed by atoms with Gasteiger partial charge in [-0.05, 0) is 30.5 Å². The molecule has 0 bridgehead atoms. The first-order valence-electron chi connectivity index (χ1n) is 6.64. The SMILES string of the molecule is SNCc1ccccc1CCCN1CCOCC1. The minimum absolute atomic E-state index is 0.830. The zero-order valence-corrected chi connectivity index (χ0v) is 11.7. The summed E-state index contributed by atoms with van der Waals surface area (Å²) in [6.45, 7) is 5.95. The summed E-state index contributed by atoms with van der Waals surface area (Å²) >= 11 is 4.08. The van der Waals surface area contributed by atoms with E-state index in [2.05, 4.69) is 46.7 Å². The van der Waals surface area contributed by atoms with Crippen molar-refractivity contribution in [2.24, 2.45) is 0 Å². The Balaban J connectivity index is 1.78. The van der Waals surface area contributed by atoms with Crippen LogP contribution in [-0.4, -0.2) is 37.7 Å². The molecule has 1 fully saturated rings. The Kier molecular flexibility index (Phi) is 6.00. The summed E-state index contributed by atoms with van der Waals surface area (Å²) in [5, 5.41) is 0. The van der Waals surface area contributed by atoms with E-state index in [1.165, 1.54) is 24.1 Å². The molecule has 0 saturated carbocycles. The van der Waals surface area contributed by atoms with Gasteiger partial charge in [0.15, 0.2) is 0 Å². The second-order valence-corrected chi connectivity index (χ2v) is 4.98. The number of thiol groups is 1. The number of nitrogens with zero attached hydrogens (tertiary/aromatic N) is 1. The summed E-state index contributed by atoms with van der Waals surface area (Å²) in [5.41, 5.74) is 2.79. The van der Waals surface area contributed by atoms with Crippen LogP contribution < -0.4 is 4.72 Å². The molecule has 0 atom stereocenters. The molecule has 1 aromatic rings. The van der Waals surface area contributed by atoms with Crippen LogP contribution in [0.1, 0.15) is 17.5 Å². The summed E-state index contributed by atoms with van der Waals surface area (Å²) in [5.74, 6) is 0. The summed E-state index contributed by atoms with van der Waals surface area (Å²) in [4.78, 5) is 2.49. The third kappa shape index (κ3) is 4.28. The molecule has 0 aromatic heterocycles. The highest BCUT2D eigenvalue weighted by molar-refractivity contribution is 7.78. The Morgan fingerprint density at radius 1 is 1.17 bits per heavy atom. The minimum Gasteiger partial charge on any atom is -0.379 e. The Hall–Kier alpha value is -0.550. The van der Waals surface area contributed by atoms with Gasteiger partial charge in [0, 0.05) is 19.6 Å². The topological polar surface area (TPSA) is 24.5 Å². The Labute approximate surface area is 115 Å². The van der Waals surface area contributed by atoms with Gasteiger partial charge in [-0.2, -0.15) is 0 Å². The number of ether oxygens (including phenoxy) is 1. The van der Waals surface area contributed by atoms with E-state index < -0.39 is 0 Å². The Morgan fingerprint density at radius 2 is 1.89 bits per heavy atom. The fraction of sp³-hybridized carbons (Fsp3) is 0.571. The number of nitrogens with one attached hydrogen (secondary N) is 1. The monoisotopic (exact) mass is 266 g/mol. The maximum Gasteiger partial charge on any atom is 0.0594 e. The normalized spacial score (nSPS) is 16.9. The third-order valence-electron chi connectivity index (χ3n) is 3.41. The van der Waals surface area contributed by atoms with E-state index >= 15 is 0 Å². The van der Waals surface area contributed by atoms with Crippen molar-refractivity contribution in [1.29, 1.82) is 0 Å². The van der Waals surface area contributed by atoms with E-state index in [1.807, 2.05) is 0 Å². The molecule has 0 radical (unpaired) electrons. The Bertz CT molecular complexity index is 353. The molecule has 1 aromatic carbocycles. The van der Waals surface area contributed by atoms with Gasteiger partial charge >= 0.3 is 0 Å². The molecule has 1 aliphatic heterocycles. The van der Waals surface area contributed by atoms with E-state index in [0.717, 1.165) is 39.3 Å². The van der Waals surface area contributed by atoms with E-state index in [1.54, 1.807) is 0 Å². The summed E-state index contributed by atoms with van der Waals surface area (Å²) in [7, 11) is 0. The summed E-state index contributed by atoms with van der Waals surface area (Å²) in [6, 6.07) is 8.60. The molecular weight excluding hydrogens is 244 g/mol. The molecule has 18 heavy (non-hydrogen) atoms. The van der Waals surface area contributed by atoms with Gasteiger partial charge in [-0.25, -0.2) is 0 Å². The number of hydrogen-bond acceptors (Lipinski definition) is 4. The van der Waals surface area contributed by atoms with Crippen LogP contribution in [-0.2, 0) is 17.7 Å². The fourth-order valence-corrected chi connectivity index (χ4v) is 2.55. The predicted octanol–water partition coefficient (Wildman–Crippen LogP) is 1.89. The first-order chi connectivity index (χ1) is 8.90. The van der Waals surface area contributed by atoms with Crippen LogP contribution in [0.5, 0.6) is 0 Å². The van der Waals surface area contributed by atoms with Crippen molar-refractivity contribution in [2.75, 3.05) is 32.8 Å². The molecule has 100 valence electrons. The maximum absolute atomic E-state index is 5.36. The number of morpholine rings is 1. The molecule has 0 spiro atoms. The fourth-order valence-electron chi connectivity index (χ4n) is 2.38. The van der Waals surface area contributed by atoms with Crippen LogP contribution in [0.15, 0.2) is 24.3 Å². The highest BCUT2D eigenvalue weighted by Gasteiger charge is 2.09. The van der Waals surface area contributed by atoms with Crippen molar-refractivity contribution in [2.45, 2.75) is 19.4 Å². The molecule has 4 heteroatoms. The molecule has 1 aliphatic rings. The largest absolute Gasteiger partial charge is 0.379 e. The first-order valence-corrected chi connectivity index (χ1v) is 7.08. The minimum atomic E-state index is 0.830. The van der Waals surface area contributed by atoms with Crippen molar-refractivity contribution < 1.29 is 4.74 Å². The van der Waals surface area contributed by atoms with Crippen LogP contribution in [0.4, 0.5) is 0 Å². The van der Waals surface area contributed by atoms with Gasteiger partial charge in [0.1, 0.15) is 0 Å². The van der Waals surface area contributed by atoms with Crippen LogP contribution >= 0.6 is 12.8 Å². The second-order valence-electron chi connectivity index (χ2n) is 4.66. The standard InChI is InChI=1S/C14H22N2OS/c18-15-12-14-5-2-1-4-13(14)6-3-7-16-8-10-17-11-9-16/h1-2,4-5,15,18H,3,6-12H2. The third-order valence-corrected chi connectivity index (χ3v) is 3.57. The van der Waals surface area contributed by atoms with Gasteiger partial charge in [0.05, 0.1) is 13.2 Å². The molecule has 1 saturated heterocycles. The smallest absolute Gasteiger partial charge is 0.0594 e. The van der Waals surface area contributed by atoms with E-state index in [-0.39, 0.29) is 0 Å². The lowest BCUT2D eigenvalue weighted by Crippen LogP contribution is -2.36. The number of benzene rings is 1. The lowest BCUT2D eigenvalue weighted by atomic mass is 10.0. The zero-order valence-electron chi connectivity index (χ0n) is 10.8. The number of aryl methyl sites for hydroxylation is 1. The van der Waals surface area contributed by atoms with Gasteiger partial charge in [-0.15, -0.1) is 0 Å². The second kappa shape index (κ2) is 7.79. The average molecular weight is 266 g/mol. The predicted molar refractivity (Wildman–Crippen MR) is 77.8 cm³/mol. The van der Waals surface area contributed by atoms with Crippen molar-refractivity contribution in [3.63, 3.8) is 0 Å². The molecule has 0 aliphatic carbocycles. The van der Waals surface area contributed by atoms with E-state index in [4.69, 9.17) is 4.74 Å². The van der Waals surface area contributed by atoms with Gasteiger partial charge in [-0.3, -0.25) is 9.62 Å². The highest BCUT2D eigenvalue weighted by atomic mass is 32.1. The van der Waals surface area contributed by atoms with E-state index in [9.17, 15) is 0 Å². The molecule has 0 amide bonds. The number of hydrogen-bond donors (Lipinski definition) is 2. The lowest BCUT2D eigenvalue weighted by molar-refractivity contribution is 0.0374.